The molecular weight excluding hydrogens is 468 g/mol. The van der Waals surface area contributed by atoms with Gasteiger partial charge in [-0.2, -0.15) is 10.2 Å². The van der Waals surface area contributed by atoms with Crippen LogP contribution in [-0.2, 0) is 18.5 Å². The van der Waals surface area contributed by atoms with E-state index in [1.165, 1.54) is 5.56 Å². The van der Waals surface area contributed by atoms with Crippen LogP contribution < -0.4 is 21.1 Å². The van der Waals surface area contributed by atoms with Gasteiger partial charge in [-0.15, -0.1) is 0 Å². The van der Waals surface area contributed by atoms with Crippen molar-refractivity contribution < 1.29 is 4.79 Å². The molecule has 2 aliphatic rings. The van der Waals surface area contributed by atoms with Crippen molar-refractivity contribution in [3.8, 4) is 0 Å². The summed E-state index contributed by atoms with van der Waals surface area (Å²) in [6, 6.07) is 11.6. The number of benzene rings is 1. The molecule has 1 saturated heterocycles. The van der Waals surface area contributed by atoms with E-state index in [0.717, 1.165) is 44.7 Å². The lowest BCUT2D eigenvalue weighted by molar-refractivity contribution is 0.0933. The molecule has 3 aromatic rings. The number of fused-ring (bicyclic) bond motifs is 1. The van der Waals surface area contributed by atoms with Crippen LogP contribution in [0.3, 0.4) is 0 Å². The lowest BCUT2D eigenvalue weighted by Gasteiger charge is -2.33. The van der Waals surface area contributed by atoms with Gasteiger partial charge in [0, 0.05) is 49.9 Å². The molecule has 2 aliphatic heterocycles. The number of carbonyl (C=O) groups is 1. The van der Waals surface area contributed by atoms with Gasteiger partial charge in [0.15, 0.2) is 11.6 Å². The third-order valence-electron chi connectivity index (χ3n) is 7.14. The van der Waals surface area contributed by atoms with Gasteiger partial charge >= 0.3 is 0 Å². The Balaban J connectivity index is 1.25. The van der Waals surface area contributed by atoms with E-state index in [4.69, 9.17) is 0 Å². The van der Waals surface area contributed by atoms with Gasteiger partial charge in [0.05, 0.1) is 12.2 Å². The molecule has 0 radical (unpaired) electrons. The van der Waals surface area contributed by atoms with Crippen LogP contribution in [0.4, 0.5) is 17.3 Å². The molecule has 5 rings (SSSR count). The number of nitrogens with zero attached hydrogens (tertiary/aromatic N) is 5. The maximum atomic E-state index is 12.9. The summed E-state index contributed by atoms with van der Waals surface area (Å²) in [5, 5.41) is 17.9. The Bertz CT molecular complexity index is 1320. The third-order valence-corrected chi connectivity index (χ3v) is 7.14. The minimum Gasteiger partial charge on any atom is -0.353 e. The van der Waals surface area contributed by atoms with Gasteiger partial charge in [-0.3, -0.25) is 19.2 Å². The van der Waals surface area contributed by atoms with E-state index < -0.39 is 0 Å². The molecule has 1 unspecified atom stereocenters. The molecule has 4 heterocycles. The fraction of sp³-hybridized carbons (Fsp3) is 0.481. The number of H-pyrrole nitrogens is 1. The van der Waals surface area contributed by atoms with E-state index in [1.54, 1.807) is 6.07 Å². The first kappa shape index (κ1) is 25.0. The SMILES string of the molecule is CN1CCn2nc(Nc3cc(N4CCCC(NC(=O)c5ccc(C(C)(C)C)cc5)C4)n[nH]c3=O)cc2C1. The van der Waals surface area contributed by atoms with E-state index in [-0.39, 0.29) is 22.9 Å². The zero-order valence-electron chi connectivity index (χ0n) is 22.0. The average Bonchev–Trinajstić information content (AvgIpc) is 3.26. The molecule has 0 bridgehead atoms. The molecule has 10 heteroatoms. The second-order valence-electron chi connectivity index (χ2n) is 11.2. The van der Waals surface area contributed by atoms with E-state index in [1.807, 2.05) is 35.0 Å². The van der Waals surface area contributed by atoms with E-state index >= 15 is 0 Å². The minimum atomic E-state index is -0.299. The maximum Gasteiger partial charge on any atom is 0.288 e. The summed E-state index contributed by atoms with van der Waals surface area (Å²) in [4.78, 5) is 29.8. The molecule has 2 aromatic heterocycles. The van der Waals surface area contributed by atoms with Gasteiger partial charge in [-0.25, -0.2) is 5.10 Å². The highest BCUT2D eigenvalue weighted by molar-refractivity contribution is 5.94. The van der Waals surface area contributed by atoms with Gasteiger partial charge in [-0.05, 0) is 43.0 Å². The van der Waals surface area contributed by atoms with Crippen LogP contribution in [0, 0.1) is 0 Å². The largest absolute Gasteiger partial charge is 0.353 e. The summed E-state index contributed by atoms with van der Waals surface area (Å²) in [6.45, 7) is 10.5. The molecular formula is C27H36N8O2. The van der Waals surface area contributed by atoms with Gasteiger partial charge in [0.1, 0.15) is 5.69 Å². The summed E-state index contributed by atoms with van der Waals surface area (Å²) >= 11 is 0. The van der Waals surface area contributed by atoms with Gasteiger partial charge in [0.25, 0.3) is 11.5 Å². The van der Waals surface area contributed by atoms with Crippen molar-refractivity contribution in [3.05, 3.63) is 63.6 Å². The number of rotatable bonds is 5. The highest BCUT2D eigenvalue weighted by Gasteiger charge is 2.24. The van der Waals surface area contributed by atoms with Crippen molar-refractivity contribution in [1.29, 1.82) is 0 Å². The van der Waals surface area contributed by atoms with Gasteiger partial charge in [0.2, 0.25) is 0 Å². The smallest absolute Gasteiger partial charge is 0.288 e. The Hall–Kier alpha value is -3.66. The fourth-order valence-corrected chi connectivity index (χ4v) is 4.94. The van der Waals surface area contributed by atoms with Crippen LogP contribution in [0.2, 0.25) is 0 Å². The summed E-state index contributed by atoms with van der Waals surface area (Å²) in [5.41, 5.74) is 3.12. The quantitative estimate of drug-likeness (QED) is 0.490. The van der Waals surface area contributed by atoms with Crippen molar-refractivity contribution in [2.24, 2.45) is 0 Å². The molecule has 1 aromatic carbocycles. The number of aromatic amines is 1. The number of anilines is 3. The molecule has 196 valence electrons. The number of likely N-dealkylation sites (N-methyl/N-ethyl adjacent to an activating group) is 1. The summed E-state index contributed by atoms with van der Waals surface area (Å²) in [7, 11) is 2.08. The fourth-order valence-electron chi connectivity index (χ4n) is 4.94. The van der Waals surface area contributed by atoms with E-state index in [9.17, 15) is 9.59 Å². The lowest BCUT2D eigenvalue weighted by atomic mass is 9.86. The van der Waals surface area contributed by atoms with Crippen LogP contribution in [0.25, 0.3) is 0 Å². The Morgan fingerprint density at radius 1 is 1.11 bits per heavy atom. The number of hydrogen-bond donors (Lipinski definition) is 3. The third kappa shape index (κ3) is 5.69. The van der Waals surface area contributed by atoms with Crippen LogP contribution >= 0.6 is 0 Å². The number of nitrogens with one attached hydrogen (secondary N) is 3. The molecule has 1 amide bonds. The predicted molar refractivity (Wildman–Crippen MR) is 145 cm³/mol. The van der Waals surface area contributed by atoms with Crippen molar-refractivity contribution >= 4 is 23.2 Å². The van der Waals surface area contributed by atoms with Crippen LogP contribution in [0.5, 0.6) is 0 Å². The zero-order chi connectivity index (χ0) is 26.2. The monoisotopic (exact) mass is 504 g/mol. The van der Waals surface area contributed by atoms with Crippen molar-refractivity contribution in [1.82, 2.24) is 30.2 Å². The number of carbonyl (C=O) groups excluding carboxylic acids is 1. The average molecular weight is 505 g/mol. The number of amides is 1. The summed E-state index contributed by atoms with van der Waals surface area (Å²) < 4.78 is 1.98. The number of hydrogen-bond acceptors (Lipinski definition) is 7. The minimum absolute atomic E-state index is 0.00876. The molecule has 1 atom stereocenters. The molecule has 37 heavy (non-hydrogen) atoms. The molecule has 10 nitrogen and oxygen atoms in total. The van der Waals surface area contributed by atoms with Gasteiger partial charge in [-0.1, -0.05) is 32.9 Å². The van der Waals surface area contributed by atoms with E-state index in [0.29, 0.717) is 29.4 Å². The van der Waals surface area contributed by atoms with Crippen molar-refractivity contribution in [3.63, 3.8) is 0 Å². The Kier molecular flexibility index (Phi) is 6.76. The van der Waals surface area contributed by atoms with Gasteiger partial charge < -0.3 is 15.5 Å². The highest BCUT2D eigenvalue weighted by Crippen LogP contribution is 2.24. The second kappa shape index (κ2) is 10.0. The maximum absolute atomic E-state index is 12.9. The molecule has 0 saturated carbocycles. The number of aromatic nitrogens is 4. The van der Waals surface area contributed by atoms with Crippen LogP contribution in [0.15, 0.2) is 41.2 Å². The predicted octanol–water partition coefficient (Wildman–Crippen LogP) is 2.85. The standard InChI is InChI=1S/C27H36N8O2/c1-27(2,3)19-9-7-18(8-10-19)25(36)28-20-6-5-11-34(16-20)24-15-22(26(37)31-30-24)29-23-14-21-17-33(4)12-13-35(21)32-23/h7-10,14-15,20H,5-6,11-13,16-17H2,1-4H3,(H,28,36)(H,31,37)(H,29,30,32). The lowest BCUT2D eigenvalue weighted by Crippen LogP contribution is -2.48. The molecule has 0 aliphatic carbocycles. The first-order valence-electron chi connectivity index (χ1n) is 12.9. The topological polar surface area (TPSA) is 111 Å². The highest BCUT2D eigenvalue weighted by atomic mass is 16.1. The zero-order valence-corrected chi connectivity index (χ0v) is 22.0. The Labute approximate surface area is 217 Å². The number of piperidine rings is 1. The van der Waals surface area contributed by atoms with Crippen molar-refractivity contribution in [2.45, 2.75) is 58.2 Å². The van der Waals surface area contributed by atoms with Crippen molar-refractivity contribution in [2.75, 3.05) is 36.9 Å². The Morgan fingerprint density at radius 3 is 2.65 bits per heavy atom. The Morgan fingerprint density at radius 2 is 1.89 bits per heavy atom. The first-order chi connectivity index (χ1) is 17.7. The van der Waals surface area contributed by atoms with Crippen LogP contribution in [-0.4, -0.2) is 63.5 Å². The summed E-state index contributed by atoms with van der Waals surface area (Å²) in [6.07, 6.45) is 1.81. The van der Waals surface area contributed by atoms with E-state index in [2.05, 4.69) is 63.5 Å². The summed E-state index contributed by atoms with van der Waals surface area (Å²) in [5.74, 6) is 1.24. The normalized spacial score (nSPS) is 18.4. The first-order valence-corrected chi connectivity index (χ1v) is 12.9. The molecule has 1 fully saturated rings. The molecule has 3 N–H and O–H groups in total. The second-order valence-corrected chi connectivity index (χ2v) is 11.2. The van der Waals surface area contributed by atoms with Crippen LogP contribution in [0.1, 0.15) is 55.2 Å². The molecule has 0 spiro atoms.